The Bertz CT molecular complexity index is 173. The molecule has 5 nitrogen and oxygen atoms in total. The molecule has 0 amide bonds. The van der Waals surface area contributed by atoms with E-state index in [-0.39, 0.29) is 6.42 Å². The summed E-state index contributed by atoms with van der Waals surface area (Å²) in [5.41, 5.74) is 0. The van der Waals surface area contributed by atoms with Gasteiger partial charge in [0.05, 0.1) is 6.42 Å². The maximum Gasteiger partial charge on any atom is 0.337 e. The van der Waals surface area contributed by atoms with Crippen molar-refractivity contribution in [2.24, 2.45) is 5.16 Å². The predicted molar refractivity (Wildman–Crippen MR) is 39.4 cm³/mol. The molecule has 0 aliphatic rings. The molecule has 11 heavy (non-hydrogen) atoms. The zero-order chi connectivity index (χ0) is 8.69. The molecule has 1 N–H and O–H groups in total. The molecule has 0 aromatic carbocycles. The summed E-state index contributed by atoms with van der Waals surface area (Å²) >= 11 is 0. The largest absolute Gasteiger partial charge is 0.337 e. The molecular formula is C6H11N3O2. The Morgan fingerprint density at radius 2 is 2.36 bits per heavy atom. The third-order valence-electron chi connectivity index (χ3n) is 0.956. The highest BCUT2D eigenvalue weighted by Crippen LogP contribution is 1.87. The standard InChI is InChI=1S/C6H11N3O2/c1-9(2)4-3-6(10)11-8-5-7/h7H,3-4H2,1-2H3. The van der Waals surface area contributed by atoms with E-state index in [1.807, 2.05) is 19.0 Å². The van der Waals surface area contributed by atoms with Crippen molar-refractivity contribution in [2.75, 3.05) is 20.6 Å². The summed E-state index contributed by atoms with van der Waals surface area (Å²) in [5.74, 6) is -0.446. The molecule has 0 saturated heterocycles. The second kappa shape index (κ2) is 5.58. The number of carbonyl (C=O) groups excluding carboxylic acids is 1. The van der Waals surface area contributed by atoms with Crippen LogP contribution in [0.2, 0.25) is 0 Å². The molecule has 0 aromatic heterocycles. The lowest BCUT2D eigenvalue weighted by molar-refractivity contribution is -0.143. The fourth-order valence-electron chi connectivity index (χ4n) is 0.434. The lowest BCUT2D eigenvalue weighted by Crippen LogP contribution is -2.16. The van der Waals surface area contributed by atoms with Gasteiger partial charge in [0.25, 0.3) is 0 Å². The molecule has 0 saturated carbocycles. The fraction of sp³-hybridized carbons (Fsp3) is 0.667. The average Bonchev–Trinajstić information content (AvgIpc) is 1.97. The van der Waals surface area contributed by atoms with E-state index in [0.717, 1.165) is 0 Å². The van der Waals surface area contributed by atoms with Crippen molar-refractivity contribution in [1.82, 2.24) is 4.90 Å². The van der Waals surface area contributed by atoms with Crippen LogP contribution in [0.3, 0.4) is 0 Å². The number of nitrogens with zero attached hydrogens (tertiary/aromatic N) is 2. The van der Waals surface area contributed by atoms with Crippen LogP contribution in [0, 0.1) is 5.41 Å². The fourth-order valence-corrected chi connectivity index (χ4v) is 0.434. The quantitative estimate of drug-likeness (QED) is 0.359. The molecule has 0 fully saturated rings. The maximum atomic E-state index is 10.6. The smallest absolute Gasteiger partial charge is 0.309 e. The molecule has 0 bridgehead atoms. The van der Waals surface area contributed by atoms with Gasteiger partial charge in [-0.25, -0.2) is 10.2 Å². The van der Waals surface area contributed by atoms with Gasteiger partial charge in [0.15, 0.2) is 0 Å². The van der Waals surface area contributed by atoms with Crippen LogP contribution in [-0.4, -0.2) is 37.5 Å². The van der Waals surface area contributed by atoms with Crippen molar-refractivity contribution in [2.45, 2.75) is 6.42 Å². The minimum absolute atomic E-state index is 0.276. The molecule has 0 spiro atoms. The summed E-state index contributed by atoms with van der Waals surface area (Å²) < 4.78 is 0. The minimum Gasteiger partial charge on any atom is -0.309 e. The SMILES string of the molecule is CN(C)CCC(=O)ON=C=N. The third-order valence-corrected chi connectivity index (χ3v) is 0.956. The van der Waals surface area contributed by atoms with E-state index in [2.05, 4.69) is 9.99 Å². The summed E-state index contributed by atoms with van der Waals surface area (Å²) in [4.78, 5) is 16.7. The lowest BCUT2D eigenvalue weighted by Gasteiger charge is -2.05. The lowest BCUT2D eigenvalue weighted by atomic mass is 10.4. The summed E-state index contributed by atoms with van der Waals surface area (Å²) in [6.07, 6.45) is 0.276. The van der Waals surface area contributed by atoms with Crippen LogP contribution in [0.4, 0.5) is 0 Å². The Labute approximate surface area is 65.1 Å². The van der Waals surface area contributed by atoms with Gasteiger partial charge >= 0.3 is 5.97 Å². The van der Waals surface area contributed by atoms with Gasteiger partial charge in [0.2, 0.25) is 0 Å². The highest BCUT2D eigenvalue weighted by Gasteiger charge is 2.01. The van der Waals surface area contributed by atoms with Crippen molar-refractivity contribution < 1.29 is 9.63 Å². The first-order chi connectivity index (χ1) is 5.16. The number of rotatable bonds is 4. The van der Waals surface area contributed by atoms with Crippen LogP contribution in [0.25, 0.3) is 0 Å². The number of hydrogen-bond acceptors (Lipinski definition) is 5. The second-order valence-electron chi connectivity index (χ2n) is 2.22. The van der Waals surface area contributed by atoms with Crippen molar-refractivity contribution in [3.8, 4) is 0 Å². The molecule has 0 aromatic rings. The average molecular weight is 157 g/mol. The molecule has 5 heteroatoms. The first-order valence-electron chi connectivity index (χ1n) is 3.13. The molecule has 0 unspecified atom stereocenters. The van der Waals surface area contributed by atoms with E-state index in [1.165, 1.54) is 0 Å². The highest BCUT2D eigenvalue weighted by atomic mass is 16.7. The molecule has 0 heterocycles. The van der Waals surface area contributed by atoms with Gasteiger partial charge in [-0.15, -0.1) is 0 Å². The highest BCUT2D eigenvalue weighted by molar-refractivity contribution is 5.69. The molecule has 0 aliphatic heterocycles. The Balaban J connectivity index is 3.45. The normalized spacial score (nSPS) is 9.00. The third kappa shape index (κ3) is 6.70. The Morgan fingerprint density at radius 1 is 1.73 bits per heavy atom. The summed E-state index contributed by atoms with van der Waals surface area (Å²) in [6, 6.07) is 1.60. The zero-order valence-corrected chi connectivity index (χ0v) is 6.63. The molecule has 0 rings (SSSR count). The summed E-state index contributed by atoms with van der Waals surface area (Å²) in [6.45, 7) is 0.617. The molecule has 0 aliphatic carbocycles. The van der Waals surface area contributed by atoms with Crippen molar-refractivity contribution in [1.29, 1.82) is 5.41 Å². The Morgan fingerprint density at radius 3 is 2.82 bits per heavy atom. The van der Waals surface area contributed by atoms with E-state index in [9.17, 15) is 4.79 Å². The zero-order valence-electron chi connectivity index (χ0n) is 6.63. The monoisotopic (exact) mass is 157 g/mol. The van der Waals surface area contributed by atoms with Gasteiger partial charge in [-0.3, -0.25) is 0 Å². The van der Waals surface area contributed by atoms with Crippen LogP contribution >= 0.6 is 0 Å². The minimum atomic E-state index is -0.446. The second-order valence-corrected chi connectivity index (χ2v) is 2.22. The van der Waals surface area contributed by atoms with Gasteiger partial charge in [-0.1, -0.05) is 0 Å². The van der Waals surface area contributed by atoms with Crippen LogP contribution in [-0.2, 0) is 9.63 Å². The first-order valence-corrected chi connectivity index (χ1v) is 3.13. The Hall–Kier alpha value is -1.19. The van der Waals surface area contributed by atoms with Crippen LogP contribution in [0.5, 0.6) is 0 Å². The molecule has 62 valence electrons. The van der Waals surface area contributed by atoms with Crippen molar-refractivity contribution in [3.63, 3.8) is 0 Å². The summed E-state index contributed by atoms with van der Waals surface area (Å²) in [7, 11) is 3.71. The number of hydrogen-bond donors (Lipinski definition) is 1. The van der Waals surface area contributed by atoms with E-state index in [4.69, 9.17) is 5.41 Å². The number of carbonyl (C=O) groups is 1. The summed E-state index contributed by atoms with van der Waals surface area (Å²) in [5, 5.41) is 9.21. The molecule has 0 atom stereocenters. The van der Waals surface area contributed by atoms with E-state index >= 15 is 0 Å². The Kier molecular flexibility index (Phi) is 4.98. The van der Waals surface area contributed by atoms with Gasteiger partial charge in [0.1, 0.15) is 6.01 Å². The number of nitrogens with one attached hydrogen (secondary N) is 1. The van der Waals surface area contributed by atoms with Gasteiger partial charge in [-0.05, 0) is 19.3 Å². The van der Waals surface area contributed by atoms with Gasteiger partial charge in [-0.2, -0.15) is 0 Å². The van der Waals surface area contributed by atoms with E-state index in [0.29, 0.717) is 6.54 Å². The maximum absolute atomic E-state index is 10.6. The predicted octanol–water partition coefficient (Wildman–Crippen LogP) is 0.149. The molecular weight excluding hydrogens is 146 g/mol. The first kappa shape index (κ1) is 9.81. The van der Waals surface area contributed by atoms with Crippen molar-refractivity contribution in [3.05, 3.63) is 0 Å². The van der Waals surface area contributed by atoms with Gasteiger partial charge < -0.3 is 9.74 Å². The van der Waals surface area contributed by atoms with Crippen LogP contribution in [0.1, 0.15) is 6.42 Å². The van der Waals surface area contributed by atoms with E-state index in [1.54, 1.807) is 6.01 Å². The van der Waals surface area contributed by atoms with E-state index < -0.39 is 5.97 Å². The van der Waals surface area contributed by atoms with Crippen molar-refractivity contribution >= 4 is 12.0 Å². The van der Waals surface area contributed by atoms with Crippen LogP contribution in [0.15, 0.2) is 5.16 Å². The topological polar surface area (TPSA) is 65.8 Å². The molecule has 0 radical (unpaired) electrons. The van der Waals surface area contributed by atoms with Gasteiger partial charge in [0, 0.05) is 6.54 Å². The van der Waals surface area contributed by atoms with Crippen LogP contribution < -0.4 is 0 Å².